The fourth-order valence-corrected chi connectivity index (χ4v) is 3.79. The number of nitrogen functional groups attached to an aromatic ring is 1. The van der Waals surface area contributed by atoms with Crippen LogP contribution in [-0.4, -0.2) is 25.5 Å². The van der Waals surface area contributed by atoms with E-state index in [9.17, 15) is 14.3 Å². The van der Waals surface area contributed by atoms with Crippen molar-refractivity contribution in [1.29, 1.82) is 0 Å². The molecule has 0 fully saturated rings. The molecule has 2 aromatic carbocycles. The summed E-state index contributed by atoms with van der Waals surface area (Å²) in [5.41, 5.74) is 10.5. The van der Waals surface area contributed by atoms with E-state index < -0.39 is 17.8 Å². The number of aliphatic hydroxyl groups is 1. The van der Waals surface area contributed by atoms with Crippen molar-refractivity contribution in [2.24, 2.45) is 7.05 Å². The van der Waals surface area contributed by atoms with Gasteiger partial charge in [0.2, 0.25) is 0 Å². The van der Waals surface area contributed by atoms with E-state index >= 15 is 0 Å². The number of carbonyl (C=O) groups excluding carboxylic acids is 1. The monoisotopic (exact) mass is 433 g/mol. The molecule has 1 unspecified atom stereocenters. The fourth-order valence-electron chi connectivity index (χ4n) is 3.79. The van der Waals surface area contributed by atoms with Gasteiger partial charge in [-0.1, -0.05) is 25.1 Å². The number of carbonyl (C=O) groups is 1. The van der Waals surface area contributed by atoms with Crippen LogP contribution in [0.15, 0.2) is 48.7 Å². The van der Waals surface area contributed by atoms with Crippen molar-refractivity contribution in [3.8, 4) is 11.1 Å². The second-order valence-electron chi connectivity index (χ2n) is 7.71. The Bertz CT molecular complexity index is 1330. The van der Waals surface area contributed by atoms with Crippen molar-refractivity contribution in [3.05, 3.63) is 71.4 Å². The van der Waals surface area contributed by atoms with E-state index in [1.165, 1.54) is 18.2 Å². The number of aryl methyl sites for hydroxylation is 3. The maximum absolute atomic E-state index is 13.4. The molecule has 4 aromatic rings. The third-order valence-corrected chi connectivity index (χ3v) is 5.40. The summed E-state index contributed by atoms with van der Waals surface area (Å²) in [4.78, 5) is 21.5. The summed E-state index contributed by atoms with van der Waals surface area (Å²) < 4.78 is 15.3. The number of anilines is 2. The Hall–Kier alpha value is -3.78. The van der Waals surface area contributed by atoms with Crippen LogP contribution in [0, 0.1) is 12.7 Å². The first-order valence-electron chi connectivity index (χ1n) is 10.2. The second kappa shape index (κ2) is 8.39. The smallest absolute Gasteiger partial charge is 0.257 e. The largest absolute Gasteiger partial charge is 0.383 e. The summed E-state index contributed by atoms with van der Waals surface area (Å²) in [6, 6.07) is 10.8. The number of halogens is 1. The zero-order chi connectivity index (χ0) is 23.0. The van der Waals surface area contributed by atoms with Gasteiger partial charge in [-0.15, -0.1) is 0 Å². The number of fused-ring (bicyclic) bond motifs is 1. The molecule has 7 nitrogen and oxygen atoms in total. The fraction of sp³-hybridized carbons (Fsp3) is 0.208. The van der Waals surface area contributed by atoms with Crippen molar-refractivity contribution < 1.29 is 14.3 Å². The number of nitrogens with zero attached hydrogens (tertiary/aromatic N) is 3. The Morgan fingerprint density at radius 3 is 2.69 bits per heavy atom. The van der Waals surface area contributed by atoms with Gasteiger partial charge in [0, 0.05) is 30.9 Å². The Morgan fingerprint density at radius 1 is 1.22 bits per heavy atom. The summed E-state index contributed by atoms with van der Waals surface area (Å²) in [7, 11) is 1.91. The number of aliphatic hydroxyl groups excluding tert-OH is 1. The topological polar surface area (TPSA) is 106 Å². The van der Waals surface area contributed by atoms with Gasteiger partial charge in [-0.05, 0) is 47.9 Å². The molecule has 1 atom stereocenters. The minimum atomic E-state index is -1.48. The first kappa shape index (κ1) is 21.5. The zero-order valence-electron chi connectivity index (χ0n) is 18.1. The molecule has 0 aliphatic heterocycles. The van der Waals surface area contributed by atoms with Crippen molar-refractivity contribution in [3.63, 3.8) is 0 Å². The van der Waals surface area contributed by atoms with Crippen LogP contribution >= 0.6 is 0 Å². The van der Waals surface area contributed by atoms with Crippen LogP contribution in [0.4, 0.5) is 15.9 Å². The number of nitrogens with two attached hydrogens (primary N) is 1. The van der Waals surface area contributed by atoms with Crippen LogP contribution in [0.3, 0.4) is 0 Å². The quantitative estimate of drug-likeness (QED) is 0.443. The van der Waals surface area contributed by atoms with Crippen LogP contribution in [0.1, 0.15) is 30.0 Å². The van der Waals surface area contributed by atoms with Gasteiger partial charge in [-0.25, -0.2) is 14.4 Å². The van der Waals surface area contributed by atoms with Gasteiger partial charge in [-0.3, -0.25) is 4.79 Å². The maximum Gasteiger partial charge on any atom is 0.257 e. The van der Waals surface area contributed by atoms with Gasteiger partial charge in [-0.2, -0.15) is 0 Å². The van der Waals surface area contributed by atoms with Gasteiger partial charge >= 0.3 is 0 Å². The molecular formula is C24H24FN5O2. The van der Waals surface area contributed by atoms with Gasteiger partial charge in [0.1, 0.15) is 23.1 Å². The molecule has 0 saturated heterocycles. The number of rotatable bonds is 5. The molecule has 0 radical (unpaired) electrons. The third-order valence-electron chi connectivity index (χ3n) is 5.40. The highest BCUT2D eigenvalue weighted by Crippen LogP contribution is 2.35. The second-order valence-corrected chi connectivity index (χ2v) is 7.71. The highest BCUT2D eigenvalue weighted by atomic mass is 19.1. The maximum atomic E-state index is 13.4. The van der Waals surface area contributed by atoms with E-state index in [0.29, 0.717) is 23.8 Å². The zero-order valence-corrected chi connectivity index (χ0v) is 18.1. The molecule has 0 aliphatic rings. The molecule has 1 amide bonds. The molecule has 0 aliphatic carbocycles. The molecule has 2 aromatic heterocycles. The van der Waals surface area contributed by atoms with Crippen LogP contribution in [0.2, 0.25) is 0 Å². The number of hydrogen-bond acceptors (Lipinski definition) is 5. The number of nitrogens with one attached hydrogen (secondary N) is 1. The number of amides is 1. The predicted molar refractivity (Wildman–Crippen MR) is 122 cm³/mol. The Kier molecular flexibility index (Phi) is 5.63. The van der Waals surface area contributed by atoms with Crippen LogP contribution in [0.25, 0.3) is 22.2 Å². The lowest BCUT2D eigenvalue weighted by atomic mass is 10.00. The van der Waals surface area contributed by atoms with E-state index in [4.69, 9.17) is 5.73 Å². The molecule has 0 bridgehead atoms. The summed E-state index contributed by atoms with van der Waals surface area (Å²) in [6.07, 6.45) is 1.17. The Labute approximate surface area is 184 Å². The van der Waals surface area contributed by atoms with E-state index in [1.54, 1.807) is 6.07 Å². The lowest BCUT2D eigenvalue weighted by Crippen LogP contribution is -2.21. The average molecular weight is 433 g/mol. The van der Waals surface area contributed by atoms with Gasteiger partial charge < -0.3 is 20.7 Å². The first-order chi connectivity index (χ1) is 15.3. The normalized spacial score (nSPS) is 12.2. The minimum Gasteiger partial charge on any atom is -0.383 e. The van der Waals surface area contributed by atoms with Gasteiger partial charge in [0.05, 0.1) is 5.39 Å². The van der Waals surface area contributed by atoms with E-state index in [0.717, 1.165) is 33.8 Å². The molecule has 4 rings (SSSR count). The van der Waals surface area contributed by atoms with Crippen LogP contribution in [0.5, 0.6) is 0 Å². The van der Waals surface area contributed by atoms with Crippen LogP contribution < -0.4 is 11.1 Å². The lowest BCUT2D eigenvalue weighted by Gasteiger charge is -2.13. The predicted octanol–water partition coefficient (Wildman–Crippen LogP) is 3.90. The summed E-state index contributed by atoms with van der Waals surface area (Å²) in [5, 5.41) is 13.7. The van der Waals surface area contributed by atoms with E-state index in [-0.39, 0.29) is 5.56 Å². The molecular weight excluding hydrogens is 409 g/mol. The molecule has 0 spiro atoms. The number of aromatic nitrogens is 3. The number of hydrogen-bond donors (Lipinski definition) is 3. The molecule has 164 valence electrons. The van der Waals surface area contributed by atoms with E-state index in [1.807, 2.05) is 43.8 Å². The molecule has 4 N–H and O–H groups in total. The van der Waals surface area contributed by atoms with Gasteiger partial charge in [0.15, 0.2) is 6.10 Å². The van der Waals surface area contributed by atoms with E-state index in [2.05, 4.69) is 15.3 Å². The van der Waals surface area contributed by atoms with Crippen molar-refractivity contribution in [2.75, 3.05) is 11.1 Å². The SMILES string of the molecule is CCc1nc(N)c2c(-c3ccc(NC(=O)C(O)c4cccc(F)c4)cc3C)cn(C)c2n1. The lowest BCUT2D eigenvalue weighted by molar-refractivity contribution is -0.124. The van der Waals surface area contributed by atoms with Gasteiger partial charge in [0.25, 0.3) is 5.91 Å². The summed E-state index contributed by atoms with van der Waals surface area (Å²) in [6.45, 7) is 3.90. The average Bonchev–Trinajstić information content (AvgIpc) is 3.09. The van der Waals surface area contributed by atoms with Crippen molar-refractivity contribution in [1.82, 2.24) is 14.5 Å². The Morgan fingerprint density at radius 2 is 2.00 bits per heavy atom. The summed E-state index contributed by atoms with van der Waals surface area (Å²) >= 11 is 0. The molecule has 2 heterocycles. The standard InChI is InChI=1S/C24H24FN5O2/c1-4-19-28-22(26)20-18(12-30(3)23(20)29-19)17-9-8-16(10-13(17)2)27-24(32)21(31)14-6-5-7-15(25)11-14/h5-12,21,31H,4H2,1-3H3,(H,27,32)(H2,26,28,29). The van der Waals surface area contributed by atoms with Crippen molar-refractivity contribution >= 4 is 28.4 Å². The van der Waals surface area contributed by atoms with Crippen LogP contribution in [-0.2, 0) is 18.3 Å². The number of benzene rings is 2. The highest BCUT2D eigenvalue weighted by molar-refractivity contribution is 6.02. The molecule has 8 heteroatoms. The first-order valence-corrected chi connectivity index (χ1v) is 10.2. The Balaban J connectivity index is 1.64. The summed E-state index contributed by atoms with van der Waals surface area (Å²) in [5.74, 6) is -0.0385. The minimum absolute atomic E-state index is 0.188. The highest BCUT2D eigenvalue weighted by Gasteiger charge is 2.20. The molecule has 32 heavy (non-hydrogen) atoms. The molecule has 0 saturated carbocycles. The third kappa shape index (κ3) is 3.92. The van der Waals surface area contributed by atoms with Crippen molar-refractivity contribution in [2.45, 2.75) is 26.4 Å².